The van der Waals surface area contributed by atoms with Crippen molar-refractivity contribution in [3.8, 4) is 0 Å². The molecule has 1 amide bonds. The molecule has 8 heavy (non-hydrogen) atoms. The zero-order chi connectivity index (χ0) is 5.98. The normalized spacial score (nSPS) is 26.1. The molecule has 0 aromatic carbocycles. The van der Waals surface area contributed by atoms with Gasteiger partial charge >= 0.3 is 0 Å². The minimum atomic E-state index is 0.0388. The van der Waals surface area contributed by atoms with Crippen LogP contribution in [-0.2, 0) is 4.79 Å². The Morgan fingerprint density at radius 2 is 2.62 bits per heavy atom. The molecule has 1 rings (SSSR count). The first kappa shape index (κ1) is 5.35. The number of carbonyl (C=O) groups is 1. The molecule has 0 radical (unpaired) electrons. The Morgan fingerprint density at radius 1 is 1.88 bits per heavy atom. The molecule has 1 N–H and O–H groups in total. The summed E-state index contributed by atoms with van der Waals surface area (Å²) >= 11 is 0. The molecule has 1 heterocycles. The highest BCUT2D eigenvalue weighted by Gasteiger charge is 2.09. The van der Waals surface area contributed by atoms with E-state index in [1.165, 1.54) is 0 Å². The van der Waals surface area contributed by atoms with Gasteiger partial charge < -0.3 is 5.32 Å². The van der Waals surface area contributed by atoms with Crippen LogP contribution >= 0.6 is 0 Å². The van der Waals surface area contributed by atoms with Gasteiger partial charge in [0, 0.05) is 12.1 Å². The molecule has 0 aromatic rings. The molecule has 1 aliphatic heterocycles. The Hall–Kier alpha value is -0.790. The molecule has 0 fully saturated rings. The van der Waals surface area contributed by atoms with E-state index in [0.717, 1.165) is 6.42 Å². The van der Waals surface area contributed by atoms with Gasteiger partial charge in [0.1, 0.15) is 0 Å². The highest BCUT2D eigenvalue weighted by molar-refractivity contribution is 5.90. The number of hydrogen-bond acceptors (Lipinski definition) is 1. The van der Waals surface area contributed by atoms with Crippen LogP contribution in [0.2, 0.25) is 0 Å². The summed E-state index contributed by atoms with van der Waals surface area (Å²) in [6, 6.07) is 0.294. The standard InChI is InChI=1S/C6H9NO/c1-2-5-3-4-6(8)7-5/h3-5H,2H2,1H3,(H,7,8). The molecule has 1 unspecified atom stereocenters. The lowest BCUT2D eigenvalue weighted by atomic mass is 10.2. The maximum atomic E-state index is 10.4. The lowest BCUT2D eigenvalue weighted by Gasteiger charge is -2.01. The van der Waals surface area contributed by atoms with Crippen LogP contribution in [0.3, 0.4) is 0 Å². The second-order valence-corrected chi connectivity index (χ2v) is 1.88. The average Bonchev–Trinajstić information content (AvgIpc) is 2.14. The molecule has 0 saturated carbocycles. The van der Waals surface area contributed by atoms with Crippen LogP contribution < -0.4 is 5.32 Å². The summed E-state index contributed by atoms with van der Waals surface area (Å²) < 4.78 is 0. The second-order valence-electron chi connectivity index (χ2n) is 1.88. The third kappa shape index (κ3) is 0.886. The van der Waals surface area contributed by atoms with E-state index in [1.54, 1.807) is 6.08 Å². The summed E-state index contributed by atoms with van der Waals surface area (Å²) in [5, 5.41) is 2.75. The summed E-state index contributed by atoms with van der Waals surface area (Å²) in [7, 11) is 0. The molecule has 2 nitrogen and oxygen atoms in total. The topological polar surface area (TPSA) is 29.1 Å². The third-order valence-corrected chi connectivity index (χ3v) is 1.25. The van der Waals surface area contributed by atoms with E-state index in [1.807, 2.05) is 13.0 Å². The summed E-state index contributed by atoms with van der Waals surface area (Å²) in [6.07, 6.45) is 4.46. The number of carbonyl (C=O) groups excluding carboxylic acids is 1. The van der Waals surface area contributed by atoms with Crippen LogP contribution in [0.25, 0.3) is 0 Å². The minimum absolute atomic E-state index is 0.0388. The van der Waals surface area contributed by atoms with Gasteiger partial charge in [0.2, 0.25) is 5.91 Å². The van der Waals surface area contributed by atoms with E-state index in [2.05, 4.69) is 5.32 Å². The van der Waals surface area contributed by atoms with E-state index in [0.29, 0.717) is 6.04 Å². The predicted octanol–water partition coefficient (Wildman–Crippen LogP) is 0.451. The second kappa shape index (κ2) is 1.99. The van der Waals surface area contributed by atoms with Crippen molar-refractivity contribution in [1.82, 2.24) is 5.32 Å². The molecule has 0 aliphatic carbocycles. The van der Waals surface area contributed by atoms with Gasteiger partial charge in [0.15, 0.2) is 0 Å². The molecule has 44 valence electrons. The molecular formula is C6H9NO. The Kier molecular flexibility index (Phi) is 1.33. The molecule has 2 heteroatoms. The summed E-state index contributed by atoms with van der Waals surface area (Å²) in [6.45, 7) is 2.04. The van der Waals surface area contributed by atoms with Gasteiger partial charge in [0.05, 0.1) is 0 Å². The van der Waals surface area contributed by atoms with Crippen molar-refractivity contribution in [1.29, 1.82) is 0 Å². The van der Waals surface area contributed by atoms with Crippen LogP contribution in [0.1, 0.15) is 13.3 Å². The average molecular weight is 111 g/mol. The van der Waals surface area contributed by atoms with Crippen molar-refractivity contribution in [3.63, 3.8) is 0 Å². The quantitative estimate of drug-likeness (QED) is 0.523. The smallest absolute Gasteiger partial charge is 0.244 e. The number of amides is 1. The van der Waals surface area contributed by atoms with Crippen molar-refractivity contribution in [2.75, 3.05) is 0 Å². The first-order valence-electron chi connectivity index (χ1n) is 2.81. The molecule has 1 atom stereocenters. The molecule has 0 aromatic heterocycles. The van der Waals surface area contributed by atoms with Gasteiger partial charge in [0.25, 0.3) is 0 Å². The highest BCUT2D eigenvalue weighted by atomic mass is 16.1. The van der Waals surface area contributed by atoms with E-state index in [9.17, 15) is 4.79 Å². The van der Waals surface area contributed by atoms with Crippen LogP contribution in [0, 0.1) is 0 Å². The fourth-order valence-corrected chi connectivity index (χ4v) is 0.721. The lowest BCUT2D eigenvalue weighted by Crippen LogP contribution is -2.25. The summed E-state index contributed by atoms with van der Waals surface area (Å²) in [5.74, 6) is 0.0388. The maximum Gasteiger partial charge on any atom is 0.244 e. The monoisotopic (exact) mass is 111 g/mol. The van der Waals surface area contributed by atoms with Gasteiger partial charge in [-0.3, -0.25) is 4.79 Å². The van der Waals surface area contributed by atoms with E-state index in [4.69, 9.17) is 0 Å². The number of nitrogens with one attached hydrogen (secondary N) is 1. The third-order valence-electron chi connectivity index (χ3n) is 1.25. The predicted molar refractivity (Wildman–Crippen MR) is 31.4 cm³/mol. The largest absolute Gasteiger partial charge is 0.346 e. The Morgan fingerprint density at radius 3 is 2.88 bits per heavy atom. The maximum absolute atomic E-state index is 10.4. The SMILES string of the molecule is CCC1C=CC(=O)N1. The first-order valence-corrected chi connectivity index (χ1v) is 2.81. The molecule has 0 bridgehead atoms. The van der Waals surface area contributed by atoms with Gasteiger partial charge in [-0.25, -0.2) is 0 Å². The minimum Gasteiger partial charge on any atom is -0.346 e. The molecular weight excluding hydrogens is 102 g/mol. The number of rotatable bonds is 1. The van der Waals surface area contributed by atoms with Gasteiger partial charge in [-0.05, 0) is 6.42 Å². The van der Waals surface area contributed by atoms with Crippen LogP contribution in [0.5, 0.6) is 0 Å². The number of hydrogen-bond donors (Lipinski definition) is 1. The summed E-state index contributed by atoms with van der Waals surface area (Å²) in [5.41, 5.74) is 0. The van der Waals surface area contributed by atoms with Crippen LogP contribution in [-0.4, -0.2) is 11.9 Å². The van der Waals surface area contributed by atoms with Crippen molar-refractivity contribution in [2.45, 2.75) is 19.4 Å². The Labute approximate surface area is 48.6 Å². The first-order chi connectivity index (χ1) is 3.83. The van der Waals surface area contributed by atoms with Crippen molar-refractivity contribution >= 4 is 5.91 Å². The highest BCUT2D eigenvalue weighted by Crippen LogP contribution is 1.98. The Bertz CT molecular complexity index is 128. The zero-order valence-electron chi connectivity index (χ0n) is 4.85. The van der Waals surface area contributed by atoms with Crippen molar-refractivity contribution in [2.24, 2.45) is 0 Å². The summed E-state index contributed by atoms with van der Waals surface area (Å²) in [4.78, 5) is 10.4. The van der Waals surface area contributed by atoms with Crippen molar-refractivity contribution < 1.29 is 4.79 Å². The fraction of sp³-hybridized carbons (Fsp3) is 0.500. The van der Waals surface area contributed by atoms with Crippen molar-refractivity contribution in [3.05, 3.63) is 12.2 Å². The van der Waals surface area contributed by atoms with E-state index in [-0.39, 0.29) is 5.91 Å². The van der Waals surface area contributed by atoms with Crippen LogP contribution in [0.4, 0.5) is 0 Å². The molecule has 0 saturated heterocycles. The van der Waals surface area contributed by atoms with Gasteiger partial charge in [-0.1, -0.05) is 13.0 Å². The zero-order valence-corrected chi connectivity index (χ0v) is 4.85. The lowest BCUT2D eigenvalue weighted by molar-refractivity contribution is -0.116. The van der Waals surface area contributed by atoms with Crippen LogP contribution in [0.15, 0.2) is 12.2 Å². The van der Waals surface area contributed by atoms with Gasteiger partial charge in [-0.2, -0.15) is 0 Å². The molecule has 1 aliphatic rings. The Balaban J connectivity index is 2.46. The van der Waals surface area contributed by atoms with E-state index >= 15 is 0 Å². The van der Waals surface area contributed by atoms with E-state index < -0.39 is 0 Å². The fourth-order valence-electron chi connectivity index (χ4n) is 0.721. The van der Waals surface area contributed by atoms with Gasteiger partial charge in [-0.15, -0.1) is 0 Å². The molecule has 0 spiro atoms.